The molecule has 3 heteroatoms. The fourth-order valence-electron chi connectivity index (χ4n) is 1.000. The Hall–Kier alpha value is -0.570. The lowest BCUT2D eigenvalue weighted by Gasteiger charge is -2.08. The van der Waals surface area contributed by atoms with Crippen LogP contribution in [0.3, 0.4) is 0 Å². The van der Waals surface area contributed by atoms with E-state index in [1.807, 2.05) is 6.92 Å². The van der Waals surface area contributed by atoms with Crippen LogP contribution in [-0.4, -0.2) is 5.75 Å². The Morgan fingerprint density at radius 1 is 1.42 bits per heavy atom. The van der Waals surface area contributed by atoms with E-state index >= 15 is 0 Å². The molecule has 1 aromatic carbocycles. The summed E-state index contributed by atoms with van der Waals surface area (Å²) in [5.74, 6) is -0.448. The summed E-state index contributed by atoms with van der Waals surface area (Å²) >= 11 is 4.04. The largest absolute Gasteiger partial charge is 0.207 e. The van der Waals surface area contributed by atoms with Crippen LogP contribution in [0.5, 0.6) is 0 Å². The summed E-state index contributed by atoms with van der Waals surface area (Å²) in [6.45, 7) is 1.85. The van der Waals surface area contributed by atoms with Gasteiger partial charge in [-0.2, -0.15) is 12.6 Å². The highest BCUT2D eigenvalue weighted by Crippen LogP contribution is 2.20. The highest BCUT2D eigenvalue weighted by Gasteiger charge is 2.09. The molecule has 1 atom stereocenters. The van der Waals surface area contributed by atoms with Crippen molar-refractivity contribution >= 4 is 12.6 Å². The number of hydrogen-bond acceptors (Lipinski definition) is 1. The SMILES string of the molecule is CC(CS)c1ccc(F)cc1F. The molecule has 0 N–H and O–H groups in total. The van der Waals surface area contributed by atoms with Crippen molar-refractivity contribution in [2.45, 2.75) is 12.8 Å². The van der Waals surface area contributed by atoms with Crippen molar-refractivity contribution < 1.29 is 8.78 Å². The molecule has 0 saturated heterocycles. The molecule has 66 valence electrons. The molecule has 0 heterocycles. The van der Waals surface area contributed by atoms with Crippen LogP contribution in [0, 0.1) is 11.6 Å². The van der Waals surface area contributed by atoms with Crippen LogP contribution in [0.4, 0.5) is 8.78 Å². The predicted octanol–water partition coefficient (Wildman–Crippen LogP) is 3.00. The standard InChI is InChI=1S/C9H10F2S/c1-6(5-12)8-3-2-7(10)4-9(8)11/h2-4,6,12H,5H2,1H3. The fourth-order valence-corrected chi connectivity index (χ4v) is 1.20. The molecular formula is C9H10F2S. The van der Waals surface area contributed by atoms with E-state index in [0.29, 0.717) is 11.3 Å². The van der Waals surface area contributed by atoms with Crippen molar-refractivity contribution in [3.05, 3.63) is 35.4 Å². The number of thiol groups is 1. The maximum atomic E-state index is 13.0. The van der Waals surface area contributed by atoms with Crippen LogP contribution >= 0.6 is 12.6 Å². The molecule has 0 aliphatic carbocycles. The lowest BCUT2D eigenvalue weighted by Crippen LogP contribution is -1.98. The molecule has 0 spiro atoms. The van der Waals surface area contributed by atoms with Crippen LogP contribution in [-0.2, 0) is 0 Å². The van der Waals surface area contributed by atoms with Gasteiger partial charge in [0.25, 0.3) is 0 Å². The first-order valence-corrected chi connectivity index (χ1v) is 4.34. The topological polar surface area (TPSA) is 0 Å². The molecule has 0 aliphatic rings. The summed E-state index contributed by atoms with van der Waals surface area (Å²) in [7, 11) is 0. The van der Waals surface area contributed by atoms with Crippen molar-refractivity contribution in [2.75, 3.05) is 5.75 Å². The van der Waals surface area contributed by atoms with E-state index in [1.165, 1.54) is 12.1 Å². The molecule has 1 aromatic rings. The van der Waals surface area contributed by atoms with Crippen LogP contribution in [0.25, 0.3) is 0 Å². The van der Waals surface area contributed by atoms with E-state index < -0.39 is 11.6 Å². The van der Waals surface area contributed by atoms with Crippen LogP contribution < -0.4 is 0 Å². The van der Waals surface area contributed by atoms with Crippen molar-refractivity contribution in [3.63, 3.8) is 0 Å². The molecule has 0 aromatic heterocycles. The van der Waals surface area contributed by atoms with Crippen LogP contribution in [0.15, 0.2) is 18.2 Å². The number of hydrogen-bond donors (Lipinski definition) is 1. The number of rotatable bonds is 2. The average Bonchev–Trinajstić information content (AvgIpc) is 2.03. The predicted molar refractivity (Wildman–Crippen MR) is 48.6 cm³/mol. The first-order chi connectivity index (χ1) is 5.65. The highest BCUT2D eigenvalue weighted by molar-refractivity contribution is 7.80. The molecule has 12 heavy (non-hydrogen) atoms. The van der Waals surface area contributed by atoms with Crippen molar-refractivity contribution in [1.29, 1.82) is 0 Å². The maximum Gasteiger partial charge on any atom is 0.129 e. The summed E-state index contributed by atoms with van der Waals surface area (Å²) in [5.41, 5.74) is 0.520. The van der Waals surface area contributed by atoms with E-state index in [0.717, 1.165) is 6.07 Å². The average molecular weight is 188 g/mol. The third kappa shape index (κ3) is 1.97. The second-order valence-electron chi connectivity index (χ2n) is 2.75. The smallest absolute Gasteiger partial charge is 0.129 e. The molecule has 0 bridgehead atoms. The van der Waals surface area contributed by atoms with Crippen molar-refractivity contribution in [1.82, 2.24) is 0 Å². The van der Waals surface area contributed by atoms with Crippen LogP contribution in [0.2, 0.25) is 0 Å². The van der Waals surface area contributed by atoms with E-state index in [1.54, 1.807) is 0 Å². The molecule has 0 saturated carbocycles. The summed E-state index contributed by atoms with van der Waals surface area (Å²) in [6.07, 6.45) is 0. The number of benzene rings is 1. The third-order valence-corrected chi connectivity index (χ3v) is 2.31. The van der Waals surface area contributed by atoms with Gasteiger partial charge in [0.1, 0.15) is 11.6 Å². The monoisotopic (exact) mass is 188 g/mol. The molecule has 1 rings (SSSR count). The first-order valence-electron chi connectivity index (χ1n) is 3.71. The van der Waals surface area contributed by atoms with Gasteiger partial charge in [-0.25, -0.2) is 8.78 Å². The van der Waals surface area contributed by atoms with Crippen LogP contribution in [0.1, 0.15) is 18.4 Å². The normalized spacial score (nSPS) is 13.0. The minimum absolute atomic E-state index is 0.0222. The van der Waals surface area contributed by atoms with E-state index in [-0.39, 0.29) is 5.92 Å². The Kier molecular flexibility index (Phi) is 3.09. The van der Waals surface area contributed by atoms with Crippen molar-refractivity contribution in [3.8, 4) is 0 Å². The molecule has 0 nitrogen and oxygen atoms in total. The third-order valence-electron chi connectivity index (χ3n) is 1.77. The van der Waals surface area contributed by atoms with Gasteiger partial charge in [-0.3, -0.25) is 0 Å². The zero-order valence-corrected chi connectivity index (χ0v) is 7.61. The molecule has 0 radical (unpaired) electrons. The van der Waals surface area contributed by atoms with Gasteiger partial charge in [-0.05, 0) is 23.3 Å². The Bertz CT molecular complexity index is 273. The van der Waals surface area contributed by atoms with Crippen molar-refractivity contribution in [2.24, 2.45) is 0 Å². The summed E-state index contributed by atoms with van der Waals surface area (Å²) in [6, 6.07) is 3.62. The maximum absolute atomic E-state index is 13.0. The van der Waals surface area contributed by atoms with Gasteiger partial charge in [-0.1, -0.05) is 13.0 Å². The molecule has 1 unspecified atom stereocenters. The Morgan fingerprint density at radius 2 is 2.08 bits per heavy atom. The van der Waals surface area contributed by atoms with E-state index in [9.17, 15) is 8.78 Å². The highest BCUT2D eigenvalue weighted by atomic mass is 32.1. The van der Waals surface area contributed by atoms with E-state index in [4.69, 9.17) is 0 Å². The second-order valence-corrected chi connectivity index (χ2v) is 3.11. The van der Waals surface area contributed by atoms with Gasteiger partial charge >= 0.3 is 0 Å². The summed E-state index contributed by atoms with van der Waals surface area (Å²) < 4.78 is 25.5. The van der Waals surface area contributed by atoms with Gasteiger partial charge in [0.2, 0.25) is 0 Å². The number of halogens is 2. The Labute approximate surface area is 76.0 Å². The quantitative estimate of drug-likeness (QED) is 0.678. The molecule has 0 fully saturated rings. The fraction of sp³-hybridized carbons (Fsp3) is 0.333. The minimum Gasteiger partial charge on any atom is -0.207 e. The summed E-state index contributed by atoms with van der Waals surface area (Å²) in [5, 5.41) is 0. The lowest BCUT2D eigenvalue weighted by atomic mass is 10.0. The zero-order chi connectivity index (χ0) is 9.14. The summed E-state index contributed by atoms with van der Waals surface area (Å²) in [4.78, 5) is 0. The Balaban J connectivity index is 3.01. The molecule has 0 amide bonds. The lowest BCUT2D eigenvalue weighted by molar-refractivity contribution is 0.566. The van der Waals surface area contributed by atoms with Gasteiger partial charge in [0.15, 0.2) is 0 Å². The molecular weight excluding hydrogens is 178 g/mol. The molecule has 0 aliphatic heterocycles. The van der Waals surface area contributed by atoms with Gasteiger partial charge < -0.3 is 0 Å². The zero-order valence-electron chi connectivity index (χ0n) is 6.72. The second kappa shape index (κ2) is 3.90. The first kappa shape index (κ1) is 9.52. The van der Waals surface area contributed by atoms with Gasteiger partial charge in [0.05, 0.1) is 0 Å². The van der Waals surface area contributed by atoms with Gasteiger partial charge in [-0.15, -0.1) is 0 Å². The van der Waals surface area contributed by atoms with E-state index in [2.05, 4.69) is 12.6 Å². The minimum atomic E-state index is -0.539. The Morgan fingerprint density at radius 3 is 2.58 bits per heavy atom. The van der Waals surface area contributed by atoms with Gasteiger partial charge in [0, 0.05) is 6.07 Å².